The molecule has 0 aliphatic carbocycles. The van der Waals surface area contributed by atoms with Gasteiger partial charge in [-0.05, 0) is 25.5 Å². The van der Waals surface area contributed by atoms with Gasteiger partial charge in [-0.2, -0.15) is 0 Å². The summed E-state index contributed by atoms with van der Waals surface area (Å²) in [5, 5.41) is 2.80. The van der Waals surface area contributed by atoms with Gasteiger partial charge >= 0.3 is 0 Å². The van der Waals surface area contributed by atoms with Crippen molar-refractivity contribution < 1.29 is 14.0 Å². The largest absolute Gasteiger partial charge is 0.467 e. The molecule has 2 aromatic heterocycles. The van der Waals surface area contributed by atoms with Crippen LogP contribution < -0.4 is 5.32 Å². The van der Waals surface area contributed by atoms with Gasteiger partial charge in [-0.3, -0.25) is 9.59 Å². The number of nitrogens with zero attached hydrogens (tertiary/aromatic N) is 3. The van der Waals surface area contributed by atoms with Gasteiger partial charge in [-0.1, -0.05) is 13.3 Å². The third kappa shape index (κ3) is 3.75. The zero-order valence-corrected chi connectivity index (χ0v) is 14.7. The predicted molar refractivity (Wildman–Crippen MR) is 91.8 cm³/mol. The van der Waals surface area contributed by atoms with Gasteiger partial charge in [0.05, 0.1) is 18.8 Å². The van der Waals surface area contributed by atoms with Crippen LogP contribution in [0.1, 0.15) is 61.2 Å². The normalized spacial score (nSPS) is 16.6. The summed E-state index contributed by atoms with van der Waals surface area (Å²) in [5.41, 5.74) is 0.372. The van der Waals surface area contributed by atoms with E-state index in [9.17, 15) is 9.59 Å². The molecular formula is C18H24N4O3. The Balaban J connectivity index is 1.67. The fourth-order valence-electron chi connectivity index (χ4n) is 3.08. The Labute approximate surface area is 147 Å². The van der Waals surface area contributed by atoms with Gasteiger partial charge in [0.25, 0.3) is 5.91 Å². The highest BCUT2D eigenvalue weighted by molar-refractivity contribution is 5.92. The summed E-state index contributed by atoms with van der Waals surface area (Å²) in [5.74, 6) is 1.37. The van der Waals surface area contributed by atoms with Crippen molar-refractivity contribution in [3.63, 3.8) is 0 Å². The Morgan fingerprint density at radius 3 is 2.96 bits per heavy atom. The van der Waals surface area contributed by atoms with Crippen molar-refractivity contribution in [1.82, 2.24) is 19.8 Å². The first-order chi connectivity index (χ1) is 12.1. The van der Waals surface area contributed by atoms with Gasteiger partial charge in [0.15, 0.2) is 0 Å². The maximum atomic E-state index is 12.4. The zero-order valence-electron chi connectivity index (χ0n) is 14.7. The summed E-state index contributed by atoms with van der Waals surface area (Å²) < 4.78 is 7.17. The number of hydrogen-bond acceptors (Lipinski definition) is 4. The number of carbonyl (C=O) groups excluding carboxylic acids is 2. The molecule has 0 saturated heterocycles. The van der Waals surface area contributed by atoms with Gasteiger partial charge in [0.1, 0.15) is 17.3 Å². The molecule has 134 valence electrons. The molecular weight excluding hydrogens is 320 g/mol. The number of hydrogen-bond donors (Lipinski definition) is 1. The van der Waals surface area contributed by atoms with Crippen LogP contribution in [0.5, 0.6) is 0 Å². The van der Waals surface area contributed by atoms with E-state index in [1.54, 1.807) is 24.6 Å². The Hall–Kier alpha value is -2.57. The molecule has 3 rings (SSSR count). The van der Waals surface area contributed by atoms with E-state index in [0.717, 1.165) is 18.7 Å². The van der Waals surface area contributed by atoms with E-state index >= 15 is 0 Å². The van der Waals surface area contributed by atoms with Crippen LogP contribution in [-0.4, -0.2) is 32.8 Å². The van der Waals surface area contributed by atoms with Crippen LogP contribution in [0, 0.1) is 0 Å². The van der Waals surface area contributed by atoms with Crippen LogP contribution in [0.4, 0.5) is 0 Å². The third-order valence-electron chi connectivity index (χ3n) is 4.53. The minimum atomic E-state index is -0.241. The van der Waals surface area contributed by atoms with Crippen LogP contribution in [-0.2, 0) is 17.9 Å². The van der Waals surface area contributed by atoms with Crippen molar-refractivity contribution >= 4 is 11.8 Å². The monoisotopic (exact) mass is 344 g/mol. The molecule has 1 aliphatic heterocycles. The molecule has 0 unspecified atom stereocenters. The number of unbranched alkanes of at least 4 members (excludes halogenated alkanes) is 1. The van der Waals surface area contributed by atoms with Crippen molar-refractivity contribution in [2.75, 3.05) is 6.54 Å². The first-order valence-corrected chi connectivity index (χ1v) is 8.77. The number of fused-ring (bicyclic) bond motifs is 1. The van der Waals surface area contributed by atoms with Crippen LogP contribution >= 0.6 is 0 Å². The molecule has 2 aromatic rings. The Morgan fingerprint density at radius 2 is 2.24 bits per heavy atom. The highest BCUT2D eigenvalue weighted by Gasteiger charge is 2.30. The fourth-order valence-corrected chi connectivity index (χ4v) is 3.08. The maximum absolute atomic E-state index is 12.4. The lowest BCUT2D eigenvalue weighted by atomic mass is 10.1. The summed E-state index contributed by atoms with van der Waals surface area (Å²) in [6.07, 6.45) is 5.80. The summed E-state index contributed by atoms with van der Waals surface area (Å²) in [6.45, 7) is 5.68. The third-order valence-corrected chi connectivity index (χ3v) is 4.53. The number of amides is 2. The molecule has 25 heavy (non-hydrogen) atoms. The summed E-state index contributed by atoms with van der Waals surface area (Å²) >= 11 is 0. The summed E-state index contributed by atoms with van der Waals surface area (Å²) in [6, 6.07) is 3.47. The van der Waals surface area contributed by atoms with Crippen LogP contribution in [0.25, 0.3) is 0 Å². The first-order valence-electron chi connectivity index (χ1n) is 8.77. The second kappa shape index (κ2) is 7.55. The van der Waals surface area contributed by atoms with E-state index in [4.69, 9.17) is 4.42 Å². The van der Waals surface area contributed by atoms with Crippen molar-refractivity contribution in [3.8, 4) is 0 Å². The molecule has 7 nitrogen and oxygen atoms in total. The smallest absolute Gasteiger partial charge is 0.271 e. The second-order valence-corrected chi connectivity index (χ2v) is 6.31. The van der Waals surface area contributed by atoms with E-state index in [2.05, 4.69) is 17.2 Å². The predicted octanol–water partition coefficient (Wildman–Crippen LogP) is 2.50. The number of carbonyl (C=O) groups is 2. The molecule has 7 heteroatoms. The second-order valence-electron chi connectivity index (χ2n) is 6.31. The molecule has 3 heterocycles. The number of rotatable bonds is 6. The average molecular weight is 344 g/mol. The zero-order chi connectivity index (χ0) is 17.8. The lowest BCUT2D eigenvalue weighted by Gasteiger charge is -2.33. The minimum absolute atomic E-state index is 0.121. The van der Waals surface area contributed by atoms with E-state index in [-0.39, 0.29) is 17.9 Å². The molecule has 0 spiro atoms. The van der Waals surface area contributed by atoms with E-state index < -0.39 is 0 Å². The number of furan rings is 1. The van der Waals surface area contributed by atoms with Crippen LogP contribution in [0.2, 0.25) is 0 Å². The molecule has 0 radical (unpaired) electrons. The fraction of sp³-hybridized carbons (Fsp3) is 0.500. The van der Waals surface area contributed by atoms with Gasteiger partial charge in [-0.25, -0.2) is 4.98 Å². The summed E-state index contributed by atoms with van der Waals surface area (Å²) in [7, 11) is 0. The first kappa shape index (κ1) is 17.3. The molecule has 1 aliphatic rings. The topological polar surface area (TPSA) is 80.4 Å². The lowest BCUT2D eigenvalue weighted by molar-refractivity contribution is -0.134. The van der Waals surface area contributed by atoms with Crippen molar-refractivity contribution in [2.24, 2.45) is 0 Å². The van der Waals surface area contributed by atoms with Crippen molar-refractivity contribution in [1.29, 1.82) is 0 Å². The van der Waals surface area contributed by atoms with Crippen molar-refractivity contribution in [3.05, 3.63) is 41.9 Å². The standard InChI is InChI=1S/C18H24N4O3/c1-3-4-7-16(23)22-9-8-21-12-15(20-17(21)13(22)2)18(24)19-11-14-6-5-10-25-14/h5-6,10,12-13H,3-4,7-9,11H2,1-2H3,(H,19,24)/t13-/m0/s1. The van der Waals surface area contributed by atoms with Gasteiger partial charge < -0.3 is 19.2 Å². The number of imidazole rings is 1. The van der Waals surface area contributed by atoms with E-state index in [1.165, 1.54) is 0 Å². The maximum Gasteiger partial charge on any atom is 0.271 e. The molecule has 1 atom stereocenters. The van der Waals surface area contributed by atoms with Crippen LogP contribution in [0.15, 0.2) is 29.0 Å². The van der Waals surface area contributed by atoms with E-state index in [0.29, 0.717) is 37.5 Å². The Kier molecular flexibility index (Phi) is 5.21. The average Bonchev–Trinajstić information content (AvgIpc) is 3.27. The molecule has 0 fully saturated rings. The molecule has 0 saturated carbocycles. The van der Waals surface area contributed by atoms with Gasteiger partial charge in [0, 0.05) is 25.7 Å². The summed E-state index contributed by atoms with van der Waals surface area (Å²) in [4.78, 5) is 31.0. The highest BCUT2D eigenvalue weighted by Crippen LogP contribution is 2.25. The Morgan fingerprint density at radius 1 is 1.40 bits per heavy atom. The lowest BCUT2D eigenvalue weighted by Crippen LogP contribution is -2.41. The number of aromatic nitrogens is 2. The SMILES string of the molecule is CCCCC(=O)N1CCn2cc(C(=O)NCc3ccco3)nc2[C@@H]1C. The van der Waals surface area contributed by atoms with Crippen LogP contribution in [0.3, 0.4) is 0 Å². The number of nitrogens with one attached hydrogen (secondary N) is 1. The molecule has 0 bridgehead atoms. The minimum Gasteiger partial charge on any atom is -0.467 e. The quantitative estimate of drug-likeness (QED) is 0.873. The van der Waals surface area contributed by atoms with Crippen molar-refractivity contribution in [2.45, 2.75) is 52.2 Å². The van der Waals surface area contributed by atoms with Gasteiger partial charge in [0.2, 0.25) is 5.91 Å². The molecule has 2 amide bonds. The highest BCUT2D eigenvalue weighted by atomic mass is 16.3. The molecule has 0 aromatic carbocycles. The Bertz CT molecular complexity index is 736. The van der Waals surface area contributed by atoms with E-state index in [1.807, 2.05) is 16.4 Å². The van der Waals surface area contributed by atoms with Gasteiger partial charge in [-0.15, -0.1) is 0 Å². The molecule has 1 N–H and O–H groups in total.